The Kier molecular flexibility index (Phi) is 6.70. The number of aromatic nitrogens is 4. The maximum Gasteiger partial charge on any atom is 0.272 e. The molecule has 3 rings (SSSR count). The van der Waals surface area contributed by atoms with Gasteiger partial charge in [-0.05, 0) is 38.5 Å². The molecule has 0 unspecified atom stereocenters. The van der Waals surface area contributed by atoms with Gasteiger partial charge in [-0.3, -0.25) is 9.78 Å². The predicted molar refractivity (Wildman–Crippen MR) is 107 cm³/mol. The van der Waals surface area contributed by atoms with Gasteiger partial charge in [-0.25, -0.2) is 0 Å². The van der Waals surface area contributed by atoms with Gasteiger partial charge in [0, 0.05) is 29.6 Å². The molecule has 30 heavy (non-hydrogen) atoms. The van der Waals surface area contributed by atoms with Gasteiger partial charge < -0.3 is 14.6 Å². The summed E-state index contributed by atoms with van der Waals surface area (Å²) in [5.74, 6) is 0.530. The molecule has 9 nitrogen and oxygen atoms in total. The van der Waals surface area contributed by atoms with E-state index >= 15 is 0 Å². The van der Waals surface area contributed by atoms with E-state index in [0.717, 1.165) is 16.8 Å². The Bertz CT molecular complexity index is 1040. The van der Waals surface area contributed by atoms with E-state index in [0.29, 0.717) is 17.9 Å². The van der Waals surface area contributed by atoms with E-state index in [4.69, 9.17) is 14.5 Å². The highest BCUT2D eigenvalue weighted by atomic mass is 16.5. The highest BCUT2D eigenvalue weighted by Crippen LogP contribution is 2.26. The quantitative estimate of drug-likeness (QED) is 0.604. The number of amides is 1. The first-order valence-corrected chi connectivity index (χ1v) is 9.54. The molecule has 0 radical (unpaired) electrons. The summed E-state index contributed by atoms with van der Waals surface area (Å²) in [6.07, 6.45) is 2.64. The Morgan fingerprint density at radius 1 is 1.27 bits per heavy atom. The molecular weight excluding hydrogens is 384 g/mol. The minimum absolute atomic E-state index is 0.159. The molecule has 0 bridgehead atoms. The highest BCUT2D eigenvalue weighted by Gasteiger charge is 2.17. The molecule has 3 aromatic rings. The van der Waals surface area contributed by atoms with Gasteiger partial charge in [-0.2, -0.15) is 5.26 Å². The van der Waals surface area contributed by atoms with E-state index in [1.165, 1.54) is 6.07 Å². The second-order valence-electron chi connectivity index (χ2n) is 6.74. The van der Waals surface area contributed by atoms with Gasteiger partial charge >= 0.3 is 0 Å². The maximum absolute atomic E-state index is 12.2. The normalized spacial score (nSPS) is 11.5. The number of pyridine rings is 1. The van der Waals surface area contributed by atoms with E-state index in [9.17, 15) is 4.79 Å². The van der Waals surface area contributed by atoms with Gasteiger partial charge in [0.1, 0.15) is 18.1 Å². The SMILES string of the molecule is CC[C@@H](CC#N)NC(=O)c1ccc(OCc2c(-c3ccc(C)nc3)noc2C)nn1. The van der Waals surface area contributed by atoms with Crippen molar-refractivity contribution in [3.63, 3.8) is 0 Å². The van der Waals surface area contributed by atoms with Crippen LogP contribution >= 0.6 is 0 Å². The Labute approximate surface area is 174 Å². The van der Waals surface area contributed by atoms with Crippen LogP contribution in [0, 0.1) is 25.2 Å². The van der Waals surface area contributed by atoms with Crippen molar-refractivity contribution in [1.82, 2.24) is 25.7 Å². The molecule has 1 amide bonds. The van der Waals surface area contributed by atoms with Crippen LogP contribution in [0.4, 0.5) is 0 Å². The number of nitrogens with zero attached hydrogens (tertiary/aromatic N) is 5. The Morgan fingerprint density at radius 3 is 2.73 bits per heavy atom. The molecule has 0 spiro atoms. The summed E-state index contributed by atoms with van der Waals surface area (Å²) >= 11 is 0. The summed E-state index contributed by atoms with van der Waals surface area (Å²) in [6, 6.07) is 8.76. The van der Waals surface area contributed by atoms with Gasteiger partial charge in [-0.15, -0.1) is 10.2 Å². The van der Waals surface area contributed by atoms with E-state index in [-0.39, 0.29) is 36.6 Å². The van der Waals surface area contributed by atoms with E-state index in [1.807, 2.05) is 26.0 Å². The predicted octanol–water partition coefficient (Wildman–Crippen LogP) is 3.14. The molecule has 0 aliphatic rings. The van der Waals surface area contributed by atoms with Crippen LogP contribution in [0.5, 0.6) is 5.88 Å². The molecule has 0 aromatic carbocycles. The number of nitriles is 1. The highest BCUT2D eigenvalue weighted by molar-refractivity contribution is 5.92. The topological polar surface area (TPSA) is 127 Å². The van der Waals surface area contributed by atoms with Crippen LogP contribution in [0.15, 0.2) is 35.0 Å². The third-order valence-electron chi connectivity index (χ3n) is 4.57. The third kappa shape index (κ3) is 4.97. The van der Waals surface area contributed by atoms with Crippen molar-refractivity contribution in [2.45, 2.75) is 46.3 Å². The molecule has 0 saturated carbocycles. The first-order chi connectivity index (χ1) is 14.5. The third-order valence-corrected chi connectivity index (χ3v) is 4.57. The fourth-order valence-corrected chi connectivity index (χ4v) is 2.73. The van der Waals surface area contributed by atoms with Crippen LogP contribution in [0.2, 0.25) is 0 Å². The maximum atomic E-state index is 12.2. The summed E-state index contributed by atoms with van der Waals surface area (Å²) in [5.41, 5.74) is 3.34. The largest absolute Gasteiger partial charge is 0.472 e. The van der Waals surface area contributed by atoms with E-state index in [2.05, 4.69) is 31.7 Å². The van der Waals surface area contributed by atoms with Crippen molar-refractivity contribution in [2.24, 2.45) is 0 Å². The van der Waals surface area contributed by atoms with Gasteiger partial charge in [0.15, 0.2) is 5.69 Å². The minimum Gasteiger partial charge on any atom is -0.472 e. The second kappa shape index (κ2) is 9.60. The summed E-state index contributed by atoms with van der Waals surface area (Å²) in [7, 11) is 0. The lowest BCUT2D eigenvalue weighted by molar-refractivity contribution is 0.0930. The molecule has 1 atom stereocenters. The molecule has 0 aliphatic heterocycles. The van der Waals surface area contributed by atoms with Crippen molar-refractivity contribution in [2.75, 3.05) is 0 Å². The number of hydrogen-bond donors (Lipinski definition) is 1. The fourth-order valence-electron chi connectivity index (χ4n) is 2.73. The summed E-state index contributed by atoms with van der Waals surface area (Å²) in [5, 5.41) is 23.5. The number of rotatable bonds is 8. The molecule has 154 valence electrons. The van der Waals surface area contributed by atoms with Crippen LogP contribution in [-0.4, -0.2) is 32.3 Å². The summed E-state index contributed by atoms with van der Waals surface area (Å²) in [4.78, 5) is 16.5. The minimum atomic E-state index is -0.375. The molecule has 1 N–H and O–H groups in total. The number of ether oxygens (including phenoxy) is 1. The number of aryl methyl sites for hydroxylation is 2. The van der Waals surface area contributed by atoms with Crippen LogP contribution in [0.3, 0.4) is 0 Å². The van der Waals surface area contributed by atoms with Crippen molar-refractivity contribution >= 4 is 5.91 Å². The van der Waals surface area contributed by atoms with E-state index in [1.54, 1.807) is 19.2 Å². The molecule has 3 aromatic heterocycles. The van der Waals surface area contributed by atoms with Crippen molar-refractivity contribution < 1.29 is 14.1 Å². The number of carbonyl (C=O) groups is 1. The standard InChI is InChI=1S/C21H22N6O3/c1-4-16(9-10-22)24-21(28)18-7-8-19(26-25-18)29-12-17-14(3)30-27-20(17)15-6-5-13(2)23-11-15/h5-8,11,16H,4,9,12H2,1-3H3,(H,24,28)/t16-/m0/s1. The van der Waals surface area contributed by atoms with Crippen LogP contribution < -0.4 is 10.1 Å². The Balaban J connectivity index is 1.66. The molecule has 9 heteroatoms. The van der Waals surface area contributed by atoms with Crippen molar-refractivity contribution in [3.8, 4) is 23.2 Å². The molecule has 0 saturated heterocycles. The average molecular weight is 406 g/mol. The lowest BCUT2D eigenvalue weighted by atomic mass is 10.1. The monoisotopic (exact) mass is 406 g/mol. The number of carbonyl (C=O) groups excluding carboxylic acids is 1. The molecule has 0 fully saturated rings. The summed E-state index contributed by atoms with van der Waals surface area (Å²) < 4.78 is 11.0. The number of hydrogen-bond acceptors (Lipinski definition) is 8. The zero-order chi connectivity index (χ0) is 21.5. The lowest BCUT2D eigenvalue weighted by Gasteiger charge is -2.12. The van der Waals surface area contributed by atoms with Gasteiger partial charge in [0.25, 0.3) is 5.91 Å². The summed E-state index contributed by atoms with van der Waals surface area (Å²) in [6.45, 7) is 5.80. The molecule has 0 aliphatic carbocycles. The zero-order valence-corrected chi connectivity index (χ0v) is 17.0. The first kappa shape index (κ1) is 20.9. The van der Waals surface area contributed by atoms with Crippen LogP contribution in [-0.2, 0) is 6.61 Å². The van der Waals surface area contributed by atoms with Gasteiger partial charge in [0.2, 0.25) is 5.88 Å². The van der Waals surface area contributed by atoms with Crippen molar-refractivity contribution in [3.05, 3.63) is 53.2 Å². The first-order valence-electron chi connectivity index (χ1n) is 9.54. The molecule has 3 heterocycles. The smallest absolute Gasteiger partial charge is 0.272 e. The van der Waals surface area contributed by atoms with Crippen LogP contribution in [0.25, 0.3) is 11.3 Å². The Hall–Kier alpha value is -3.80. The van der Waals surface area contributed by atoms with Gasteiger partial charge in [0.05, 0.1) is 18.1 Å². The fraction of sp³-hybridized carbons (Fsp3) is 0.333. The van der Waals surface area contributed by atoms with Crippen LogP contribution in [0.1, 0.15) is 47.3 Å². The number of nitrogens with one attached hydrogen (secondary N) is 1. The zero-order valence-electron chi connectivity index (χ0n) is 17.0. The lowest BCUT2D eigenvalue weighted by Crippen LogP contribution is -2.34. The van der Waals surface area contributed by atoms with Crippen molar-refractivity contribution in [1.29, 1.82) is 5.26 Å². The Morgan fingerprint density at radius 2 is 2.10 bits per heavy atom. The molecular formula is C21H22N6O3. The second-order valence-corrected chi connectivity index (χ2v) is 6.74. The average Bonchev–Trinajstić information content (AvgIpc) is 3.13. The van der Waals surface area contributed by atoms with Gasteiger partial charge in [-0.1, -0.05) is 12.1 Å². The van der Waals surface area contributed by atoms with E-state index < -0.39 is 0 Å².